The van der Waals surface area contributed by atoms with Crippen molar-refractivity contribution in [1.82, 2.24) is 18.7 Å². The van der Waals surface area contributed by atoms with Gasteiger partial charge in [0.05, 0.1) is 18.8 Å². The van der Waals surface area contributed by atoms with Gasteiger partial charge in [-0.3, -0.25) is 18.7 Å². The summed E-state index contributed by atoms with van der Waals surface area (Å²) in [6.07, 6.45) is 1.81. The first kappa shape index (κ1) is 16.1. The van der Waals surface area contributed by atoms with Crippen molar-refractivity contribution in [2.24, 2.45) is 20.0 Å². The molecular formula is C13H14Cl2N4O4. The number of aryl methyl sites for hydroxylation is 1. The van der Waals surface area contributed by atoms with Crippen molar-refractivity contribution in [3.05, 3.63) is 27.2 Å². The van der Waals surface area contributed by atoms with Gasteiger partial charge in [-0.25, -0.2) is 9.78 Å². The monoisotopic (exact) mass is 360 g/mol. The SMILES string of the molecule is Cn1c(=O)c2c(ncn2CCOC(=O)C2CC2(Cl)Cl)n(C)c1=O. The molecule has 23 heavy (non-hydrogen) atoms. The molecule has 2 heterocycles. The summed E-state index contributed by atoms with van der Waals surface area (Å²) in [6, 6.07) is 0. The van der Waals surface area contributed by atoms with Crippen LogP contribution < -0.4 is 11.2 Å². The normalized spacial score (nSPS) is 19.0. The number of nitrogens with zero attached hydrogens (tertiary/aromatic N) is 4. The van der Waals surface area contributed by atoms with Crippen LogP contribution in [0.25, 0.3) is 11.2 Å². The van der Waals surface area contributed by atoms with E-state index in [0.717, 1.165) is 4.57 Å². The highest BCUT2D eigenvalue weighted by molar-refractivity contribution is 6.52. The number of alkyl halides is 2. The van der Waals surface area contributed by atoms with Gasteiger partial charge in [-0.05, 0) is 6.42 Å². The Morgan fingerprint density at radius 2 is 2.04 bits per heavy atom. The van der Waals surface area contributed by atoms with Gasteiger partial charge in [0.1, 0.15) is 10.9 Å². The fourth-order valence-corrected chi connectivity index (χ4v) is 2.87. The van der Waals surface area contributed by atoms with Gasteiger partial charge in [-0.2, -0.15) is 0 Å². The zero-order valence-corrected chi connectivity index (χ0v) is 14.0. The predicted molar refractivity (Wildman–Crippen MR) is 83.7 cm³/mol. The number of hydrogen-bond donors (Lipinski definition) is 0. The molecule has 0 N–H and O–H groups in total. The first-order valence-electron chi connectivity index (χ1n) is 6.89. The number of aromatic nitrogens is 4. The molecule has 1 aliphatic rings. The Kier molecular flexibility index (Phi) is 3.76. The van der Waals surface area contributed by atoms with Gasteiger partial charge in [0.15, 0.2) is 11.2 Å². The lowest BCUT2D eigenvalue weighted by Crippen LogP contribution is -2.37. The summed E-state index contributed by atoms with van der Waals surface area (Å²) in [5.41, 5.74) is -0.337. The molecule has 1 fully saturated rings. The number of halogens is 2. The van der Waals surface area contributed by atoms with Gasteiger partial charge >= 0.3 is 11.7 Å². The average molecular weight is 361 g/mol. The highest BCUT2D eigenvalue weighted by Gasteiger charge is 2.57. The quantitative estimate of drug-likeness (QED) is 0.572. The molecule has 0 aliphatic heterocycles. The molecule has 3 rings (SSSR count). The highest BCUT2D eigenvalue weighted by Crippen LogP contribution is 2.53. The maximum Gasteiger partial charge on any atom is 0.332 e. The van der Waals surface area contributed by atoms with E-state index in [2.05, 4.69) is 4.98 Å². The number of fused-ring (bicyclic) bond motifs is 1. The van der Waals surface area contributed by atoms with E-state index in [0.29, 0.717) is 6.42 Å². The lowest BCUT2D eigenvalue weighted by Gasteiger charge is -2.08. The number of imidazole rings is 1. The van der Waals surface area contributed by atoms with Crippen molar-refractivity contribution in [1.29, 1.82) is 0 Å². The van der Waals surface area contributed by atoms with E-state index < -0.39 is 27.5 Å². The minimum absolute atomic E-state index is 0.0522. The smallest absolute Gasteiger partial charge is 0.332 e. The van der Waals surface area contributed by atoms with Gasteiger partial charge in [0, 0.05) is 14.1 Å². The third-order valence-electron chi connectivity index (χ3n) is 3.90. The van der Waals surface area contributed by atoms with Gasteiger partial charge in [0.2, 0.25) is 0 Å². The second-order valence-electron chi connectivity index (χ2n) is 5.50. The Morgan fingerprint density at radius 1 is 1.39 bits per heavy atom. The molecule has 0 radical (unpaired) electrons. The molecule has 124 valence electrons. The fraction of sp³-hybridized carbons (Fsp3) is 0.538. The summed E-state index contributed by atoms with van der Waals surface area (Å²) in [5, 5.41) is 0. The Hall–Kier alpha value is -1.80. The van der Waals surface area contributed by atoms with Crippen LogP contribution in [0, 0.1) is 5.92 Å². The topological polar surface area (TPSA) is 88.1 Å². The summed E-state index contributed by atoms with van der Waals surface area (Å²) in [7, 11) is 2.93. The molecule has 0 bridgehead atoms. The summed E-state index contributed by atoms with van der Waals surface area (Å²) >= 11 is 11.6. The van der Waals surface area contributed by atoms with E-state index >= 15 is 0 Å². The van der Waals surface area contributed by atoms with Gasteiger partial charge in [-0.1, -0.05) is 0 Å². The predicted octanol–water partition coefficient (Wildman–Crippen LogP) is 0.171. The van der Waals surface area contributed by atoms with Crippen LogP contribution >= 0.6 is 23.2 Å². The van der Waals surface area contributed by atoms with Gasteiger partial charge in [0.25, 0.3) is 5.56 Å². The van der Waals surface area contributed by atoms with Crippen LogP contribution in [0.2, 0.25) is 0 Å². The minimum Gasteiger partial charge on any atom is -0.463 e. The van der Waals surface area contributed by atoms with Crippen molar-refractivity contribution in [2.45, 2.75) is 17.3 Å². The van der Waals surface area contributed by atoms with Crippen molar-refractivity contribution >= 4 is 40.3 Å². The molecule has 2 aromatic heterocycles. The molecule has 2 aromatic rings. The van der Waals surface area contributed by atoms with Crippen LogP contribution in [-0.2, 0) is 30.2 Å². The Labute approximate surface area is 140 Å². The third-order valence-corrected chi connectivity index (χ3v) is 4.74. The van der Waals surface area contributed by atoms with E-state index in [1.807, 2.05) is 0 Å². The first-order chi connectivity index (χ1) is 10.7. The maximum absolute atomic E-state index is 12.2. The van der Waals surface area contributed by atoms with Crippen molar-refractivity contribution in [2.75, 3.05) is 6.61 Å². The molecular weight excluding hydrogens is 347 g/mol. The summed E-state index contributed by atoms with van der Waals surface area (Å²) in [5.74, 6) is -0.959. The number of ether oxygens (including phenoxy) is 1. The molecule has 1 aliphatic carbocycles. The highest BCUT2D eigenvalue weighted by atomic mass is 35.5. The largest absolute Gasteiger partial charge is 0.463 e. The van der Waals surface area contributed by atoms with E-state index in [-0.39, 0.29) is 24.3 Å². The molecule has 1 unspecified atom stereocenters. The molecule has 0 aromatic carbocycles. The second-order valence-corrected chi connectivity index (χ2v) is 7.04. The standard InChI is InChI=1S/C13H14Cl2N4O4/c1-17-9-8(10(20)18(2)12(17)22)19(6-16-9)3-4-23-11(21)7-5-13(7,14)15/h6-7H,3-5H2,1-2H3. The Balaban J connectivity index is 1.78. The number of hydrogen-bond acceptors (Lipinski definition) is 5. The lowest BCUT2D eigenvalue weighted by molar-refractivity contribution is -0.145. The molecule has 0 amide bonds. The maximum atomic E-state index is 12.2. The minimum atomic E-state index is -1.02. The Morgan fingerprint density at radius 3 is 2.65 bits per heavy atom. The van der Waals surface area contributed by atoms with Crippen molar-refractivity contribution in [3.63, 3.8) is 0 Å². The summed E-state index contributed by atoms with van der Waals surface area (Å²) in [6.45, 7) is 0.288. The lowest BCUT2D eigenvalue weighted by atomic mass is 10.4. The van der Waals surface area contributed by atoms with E-state index in [4.69, 9.17) is 27.9 Å². The number of carbonyl (C=O) groups excluding carboxylic acids is 1. The van der Waals surface area contributed by atoms with Gasteiger partial charge in [-0.15, -0.1) is 23.2 Å². The van der Waals surface area contributed by atoms with E-state index in [1.165, 1.54) is 25.0 Å². The fourth-order valence-electron chi connectivity index (χ4n) is 2.38. The zero-order valence-electron chi connectivity index (χ0n) is 12.5. The van der Waals surface area contributed by atoms with Crippen LogP contribution in [0.4, 0.5) is 0 Å². The van der Waals surface area contributed by atoms with Crippen LogP contribution in [0.15, 0.2) is 15.9 Å². The van der Waals surface area contributed by atoms with E-state index in [9.17, 15) is 14.4 Å². The molecule has 8 nitrogen and oxygen atoms in total. The van der Waals surface area contributed by atoms with Gasteiger partial charge < -0.3 is 9.30 Å². The third kappa shape index (κ3) is 2.66. The van der Waals surface area contributed by atoms with Crippen LogP contribution in [0.1, 0.15) is 6.42 Å². The molecule has 0 saturated heterocycles. The summed E-state index contributed by atoms with van der Waals surface area (Å²) < 4.78 is 7.94. The summed E-state index contributed by atoms with van der Waals surface area (Å²) in [4.78, 5) is 39.9. The Bertz CT molecular complexity index is 911. The van der Waals surface area contributed by atoms with Crippen LogP contribution in [0.3, 0.4) is 0 Å². The van der Waals surface area contributed by atoms with Crippen molar-refractivity contribution < 1.29 is 9.53 Å². The molecule has 10 heteroatoms. The first-order valence-corrected chi connectivity index (χ1v) is 7.65. The number of esters is 1. The second kappa shape index (κ2) is 5.38. The van der Waals surface area contributed by atoms with Crippen LogP contribution in [0.5, 0.6) is 0 Å². The van der Waals surface area contributed by atoms with Crippen LogP contribution in [-0.4, -0.2) is 35.6 Å². The van der Waals surface area contributed by atoms with Crippen molar-refractivity contribution in [3.8, 4) is 0 Å². The number of rotatable bonds is 4. The molecule has 0 spiro atoms. The number of carbonyl (C=O) groups is 1. The average Bonchev–Trinajstić information content (AvgIpc) is 2.94. The molecule has 1 saturated carbocycles. The molecule has 1 atom stereocenters. The van der Waals surface area contributed by atoms with E-state index in [1.54, 1.807) is 4.57 Å². The zero-order chi connectivity index (χ0) is 16.9.